The van der Waals surface area contributed by atoms with E-state index in [9.17, 15) is 4.79 Å². The summed E-state index contributed by atoms with van der Waals surface area (Å²) in [6.45, 7) is 6.31. The number of hydrogen-bond donors (Lipinski definition) is 0. The first-order valence-corrected chi connectivity index (χ1v) is 12.1. The molecule has 0 fully saturated rings. The minimum Gasteiger partial charge on any atom is -0.270 e. The zero-order valence-electron chi connectivity index (χ0n) is 19.2. The molecule has 5 aromatic rings. The van der Waals surface area contributed by atoms with Crippen LogP contribution in [0.4, 0.5) is 0 Å². The van der Waals surface area contributed by atoms with E-state index in [0.717, 1.165) is 27.8 Å². The van der Waals surface area contributed by atoms with Crippen molar-refractivity contribution in [3.63, 3.8) is 0 Å². The van der Waals surface area contributed by atoms with Gasteiger partial charge < -0.3 is 0 Å². The van der Waals surface area contributed by atoms with E-state index in [1.165, 1.54) is 17.3 Å². The second-order valence-electron chi connectivity index (χ2n) is 8.36. The molecule has 0 spiro atoms. The fourth-order valence-corrected chi connectivity index (χ4v) is 4.80. The molecular formula is C26H24N6OS. The third kappa shape index (κ3) is 4.12. The van der Waals surface area contributed by atoms with Crippen LogP contribution in [-0.4, -0.2) is 29.1 Å². The predicted molar refractivity (Wildman–Crippen MR) is 134 cm³/mol. The Hall–Kier alpha value is -3.78. The molecule has 0 saturated carbocycles. The van der Waals surface area contributed by atoms with Gasteiger partial charge in [-0.1, -0.05) is 49.9 Å². The first-order chi connectivity index (χ1) is 16.5. The lowest BCUT2D eigenvalue weighted by atomic mass is 10.0. The van der Waals surface area contributed by atoms with Crippen molar-refractivity contribution in [2.45, 2.75) is 37.6 Å². The third-order valence-corrected chi connectivity index (χ3v) is 6.60. The summed E-state index contributed by atoms with van der Waals surface area (Å²) in [5.41, 5.74) is 5.37. The lowest BCUT2D eigenvalue weighted by Gasteiger charge is -2.16. The van der Waals surface area contributed by atoms with Gasteiger partial charge in [-0.2, -0.15) is 0 Å². The van der Waals surface area contributed by atoms with Crippen LogP contribution in [0.15, 0.2) is 83.1 Å². The van der Waals surface area contributed by atoms with Gasteiger partial charge in [-0.15, -0.1) is 10.2 Å². The fraction of sp³-hybridized carbons (Fsp3) is 0.192. The van der Waals surface area contributed by atoms with Gasteiger partial charge in [0.1, 0.15) is 5.65 Å². The third-order valence-electron chi connectivity index (χ3n) is 5.64. The quantitative estimate of drug-likeness (QED) is 0.324. The Kier molecular flexibility index (Phi) is 5.98. The molecule has 0 aliphatic rings. The molecule has 0 amide bonds. The number of rotatable bonds is 6. The van der Waals surface area contributed by atoms with Gasteiger partial charge in [-0.05, 0) is 48.2 Å². The number of benzene rings is 1. The first kappa shape index (κ1) is 22.0. The summed E-state index contributed by atoms with van der Waals surface area (Å²) in [5.74, 6) is 1.55. The van der Waals surface area contributed by atoms with Crippen molar-refractivity contribution in [1.82, 2.24) is 29.1 Å². The van der Waals surface area contributed by atoms with E-state index in [-0.39, 0.29) is 5.56 Å². The van der Waals surface area contributed by atoms with E-state index in [2.05, 4.69) is 51.8 Å². The molecular weight excluding hydrogens is 444 g/mol. The van der Waals surface area contributed by atoms with E-state index in [1.807, 2.05) is 37.3 Å². The maximum Gasteiger partial charge on any atom is 0.258 e. The lowest BCUT2D eigenvalue weighted by molar-refractivity contribution is 0.818. The van der Waals surface area contributed by atoms with Crippen LogP contribution >= 0.6 is 11.8 Å². The summed E-state index contributed by atoms with van der Waals surface area (Å²) in [7, 11) is 0. The van der Waals surface area contributed by atoms with Crippen LogP contribution in [0.5, 0.6) is 0 Å². The van der Waals surface area contributed by atoms with Crippen LogP contribution in [0.25, 0.3) is 22.7 Å². The summed E-state index contributed by atoms with van der Waals surface area (Å²) in [5, 5.41) is 9.78. The van der Waals surface area contributed by atoms with E-state index in [0.29, 0.717) is 23.0 Å². The smallest absolute Gasteiger partial charge is 0.258 e. The average molecular weight is 469 g/mol. The Balaban J connectivity index is 1.58. The van der Waals surface area contributed by atoms with Gasteiger partial charge in [0, 0.05) is 36.0 Å². The second kappa shape index (κ2) is 9.23. The Morgan fingerprint density at radius 3 is 2.68 bits per heavy atom. The predicted octanol–water partition coefficient (Wildman–Crippen LogP) is 5.06. The van der Waals surface area contributed by atoms with Crippen molar-refractivity contribution < 1.29 is 0 Å². The van der Waals surface area contributed by atoms with Crippen LogP contribution in [0.1, 0.15) is 36.6 Å². The molecule has 4 aromatic heterocycles. The SMILES string of the molecule is Cc1cccn2c(=O)cc(CSc3nnc(-c4cccnc4)n3-c3ccccc3C(C)C)nc12. The minimum atomic E-state index is -0.0908. The monoisotopic (exact) mass is 468 g/mol. The maximum absolute atomic E-state index is 12.6. The number of aryl methyl sites for hydroxylation is 1. The summed E-state index contributed by atoms with van der Waals surface area (Å²) in [6.07, 6.45) is 5.28. The molecule has 0 atom stereocenters. The lowest BCUT2D eigenvalue weighted by Crippen LogP contribution is -2.15. The Labute approximate surface area is 201 Å². The van der Waals surface area contributed by atoms with Gasteiger partial charge in [0.05, 0.1) is 11.4 Å². The van der Waals surface area contributed by atoms with Crippen LogP contribution in [0.3, 0.4) is 0 Å². The van der Waals surface area contributed by atoms with E-state index >= 15 is 0 Å². The van der Waals surface area contributed by atoms with Gasteiger partial charge in [0.25, 0.3) is 5.56 Å². The highest BCUT2D eigenvalue weighted by Crippen LogP contribution is 2.32. The van der Waals surface area contributed by atoms with Crippen molar-refractivity contribution in [2.24, 2.45) is 0 Å². The molecule has 0 bridgehead atoms. The zero-order valence-corrected chi connectivity index (χ0v) is 20.0. The summed E-state index contributed by atoms with van der Waals surface area (Å²) >= 11 is 1.51. The first-order valence-electron chi connectivity index (χ1n) is 11.1. The standard InChI is InChI=1S/C26H24N6OS/c1-17(2)21-10-4-5-11-22(21)32-25(19-9-6-12-27-15-19)29-30-26(32)34-16-20-14-23(33)31-13-7-8-18(3)24(31)28-20/h4-15,17H,16H2,1-3H3. The molecule has 170 valence electrons. The summed E-state index contributed by atoms with van der Waals surface area (Å²) in [6, 6.07) is 17.6. The van der Waals surface area contributed by atoms with Crippen molar-refractivity contribution in [2.75, 3.05) is 0 Å². The molecule has 34 heavy (non-hydrogen) atoms. The highest BCUT2D eigenvalue weighted by Gasteiger charge is 2.20. The van der Waals surface area contributed by atoms with Crippen molar-refractivity contribution in [1.29, 1.82) is 0 Å². The van der Waals surface area contributed by atoms with Gasteiger partial charge in [-0.25, -0.2) is 4.98 Å². The van der Waals surface area contributed by atoms with Gasteiger partial charge >= 0.3 is 0 Å². The fourth-order valence-electron chi connectivity index (χ4n) is 3.96. The molecule has 0 saturated heterocycles. The molecule has 0 N–H and O–H groups in total. The molecule has 7 nitrogen and oxygen atoms in total. The van der Waals surface area contributed by atoms with Gasteiger partial charge in [0.2, 0.25) is 0 Å². The van der Waals surface area contributed by atoms with Crippen LogP contribution in [0, 0.1) is 6.92 Å². The molecule has 0 radical (unpaired) electrons. The molecule has 1 aromatic carbocycles. The van der Waals surface area contributed by atoms with Crippen LogP contribution < -0.4 is 5.56 Å². The Bertz CT molecular complexity index is 1520. The second-order valence-corrected chi connectivity index (χ2v) is 9.30. The molecule has 0 aliphatic heterocycles. The van der Waals surface area contributed by atoms with Crippen LogP contribution in [-0.2, 0) is 5.75 Å². The topological polar surface area (TPSA) is 78.0 Å². The summed E-state index contributed by atoms with van der Waals surface area (Å²) in [4.78, 5) is 21.6. The Morgan fingerprint density at radius 2 is 1.88 bits per heavy atom. The number of aromatic nitrogens is 6. The van der Waals surface area contributed by atoms with Crippen molar-refractivity contribution in [3.05, 3.63) is 100 Å². The van der Waals surface area contributed by atoms with Gasteiger partial charge in [0.15, 0.2) is 11.0 Å². The maximum atomic E-state index is 12.6. The number of thioether (sulfide) groups is 1. The summed E-state index contributed by atoms with van der Waals surface area (Å²) < 4.78 is 3.65. The number of pyridine rings is 2. The van der Waals surface area contributed by atoms with Crippen LogP contribution in [0.2, 0.25) is 0 Å². The molecule has 0 aliphatic carbocycles. The normalized spacial score (nSPS) is 11.4. The molecule has 8 heteroatoms. The molecule has 5 rings (SSSR count). The highest BCUT2D eigenvalue weighted by molar-refractivity contribution is 7.98. The molecule has 4 heterocycles. The van der Waals surface area contributed by atoms with E-state index in [4.69, 9.17) is 4.98 Å². The van der Waals surface area contributed by atoms with E-state index < -0.39 is 0 Å². The number of nitrogens with zero attached hydrogens (tertiary/aromatic N) is 6. The minimum absolute atomic E-state index is 0.0908. The largest absolute Gasteiger partial charge is 0.270 e. The van der Waals surface area contributed by atoms with Crippen molar-refractivity contribution in [3.8, 4) is 17.1 Å². The zero-order chi connectivity index (χ0) is 23.7. The number of fused-ring (bicyclic) bond motifs is 1. The van der Waals surface area contributed by atoms with E-state index in [1.54, 1.807) is 29.1 Å². The average Bonchev–Trinajstić information content (AvgIpc) is 3.28. The molecule has 0 unspecified atom stereocenters. The highest BCUT2D eigenvalue weighted by atomic mass is 32.2. The van der Waals surface area contributed by atoms with Crippen molar-refractivity contribution >= 4 is 17.4 Å². The number of para-hydroxylation sites is 1. The Morgan fingerprint density at radius 1 is 1.03 bits per heavy atom. The van der Waals surface area contributed by atoms with Gasteiger partial charge in [-0.3, -0.25) is 18.7 Å². The number of hydrogen-bond acceptors (Lipinski definition) is 6.